The molecule has 0 saturated heterocycles. The Morgan fingerprint density at radius 2 is 1.83 bits per heavy atom. The second kappa shape index (κ2) is 11.4. The molecule has 0 radical (unpaired) electrons. The van der Waals surface area contributed by atoms with Gasteiger partial charge in [0.25, 0.3) is 0 Å². The first-order valence-corrected chi connectivity index (χ1v) is 10.5. The van der Waals surface area contributed by atoms with Crippen LogP contribution in [0.2, 0.25) is 0 Å². The number of nitrogens with one attached hydrogen (secondary N) is 3. The van der Waals surface area contributed by atoms with Crippen molar-refractivity contribution in [1.82, 2.24) is 10.6 Å². The lowest BCUT2D eigenvalue weighted by molar-refractivity contribution is -0.116. The van der Waals surface area contributed by atoms with Crippen LogP contribution in [0.4, 0.5) is 5.69 Å². The maximum atomic E-state index is 12.0. The first-order chi connectivity index (χ1) is 14.3. The highest BCUT2D eigenvalue weighted by molar-refractivity contribution is 5.90. The highest BCUT2D eigenvalue weighted by Gasteiger charge is 2.22. The fourth-order valence-electron chi connectivity index (χ4n) is 3.00. The minimum absolute atomic E-state index is 0.0174. The topological polar surface area (TPSA) is 85.8 Å². The Kier molecular flexibility index (Phi) is 8.87. The van der Waals surface area contributed by atoms with E-state index in [9.17, 15) is 9.90 Å². The van der Waals surface area contributed by atoms with Gasteiger partial charge in [0.05, 0.1) is 13.1 Å². The highest BCUT2D eigenvalue weighted by atomic mass is 16.3. The summed E-state index contributed by atoms with van der Waals surface area (Å²) >= 11 is 0. The van der Waals surface area contributed by atoms with Crippen LogP contribution in [0.5, 0.6) is 0 Å². The van der Waals surface area contributed by atoms with Crippen molar-refractivity contribution in [3.63, 3.8) is 0 Å². The maximum absolute atomic E-state index is 12.0. The van der Waals surface area contributed by atoms with Crippen molar-refractivity contribution in [3.05, 3.63) is 65.7 Å². The van der Waals surface area contributed by atoms with E-state index in [0.29, 0.717) is 37.9 Å². The summed E-state index contributed by atoms with van der Waals surface area (Å²) in [5.41, 5.74) is 1.60. The first kappa shape index (κ1) is 23.4. The van der Waals surface area contributed by atoms with Crippen LogP contribution in [0.1, 0.15) is 45.2 Å². The van der Waals surface area contributed by atoms with Crippen LogP contribution >= 0.6 is 0 Å². The van der Waals surface area contributed by atoms with Crippen LogP contribution in [-0.4, -0.2) is 30.1 Å². The van der Waals surface area contributed by atoms with Gasteiger partial charge in [0.1, 0.15) is 5.60 Å². The van der Waals surface area contributed by atoms with E-state index in [4.69, 9.17) is 0 Å². The molecule has 0 aromatic heterocycles. The monoisotopic (exact) mass is 410 g/mol. The van der Waals surface area contributed by atoms with Crippen molar-refractivity contribution >= 4 is 17.6 Å². The van der Waals surface area contributed by atoms with E-state index in [2.05, 4.69) is 20.9 Å². The van der Waals surface area contributed by atoms with Gasteiger partial charge in [0.2, 0.25) is 5.91 Å². The normalized spacial score (nSPS) is 13.6. The van der Waals surface area contributed by atoms with Gasteiger partial charge in [0, 0.05) is 18.7 Å². The molecule has 1 atom stereocenters. The number of anilines is 1. The molecule has 162 valence electrons. The predicted octanol–water partition coefficient (Wildman–Crippen LogP) is 3.63. The molecule has 0 saturated carbocycles. The van der Waals surface area contributed by atoms with Crippen LogP contribution in [0.25, 0.3) is 0 Å². The molecule has 1 unspecified atom stereocenters. The molecule has 6 nitrogen and oxygen atoms in total. The lowest BCUT2D eigenvalue weighted by Crippen LogP contribution is -2.44. The Morgan fingerprint density at radius 3 is 2.50 bits per heavy atom. The minimum atomic E-state index is -1.02. The van der Waals surface area contributed by atoms with Gasteiger partial charge in [0.15, 0.2) is 5.96 Å². The molecule has 4 N–H and O–H groups in total. The molecule has 0 aliphatic heterocycles. The summed E-state index contributed by atoms with van der Waals surface area (Å²) in [6.45, 7) is 9.32. The van der Waals surface area contributed by atoms with Crippen molar-refractivity contribution in [3.8, 4) is 0 Å². The Bertz CT molecular complexity index is 832. The van der Waals surface area contributed by atoms with Gasteiger partial charge in [-0.25, -0.2) is 4.99 Å². The Balaban J connectivity index is 2.00. The molecule has 2 rings (SSSR count). The van der Waals surface area contributed by atoms with Crippen molar-refractivity contribution in [1.29, 1.82) is 0 Å². The highest BCUT2D eigenvalue weighted by Crippen LogP contribution is 2.19. The van der Waals surface area contributed by atoms with E-state index in [1.54, 1.807) is 6.92 Å². The zero-order valence-electron chi connectivity index (χ0n) is 18.4. The summed E-state index contributed by atoms with van der Waals surface area (Å²) in [7, 11) is 0. The summed E-state index contributed by atoms with van der Waals surface area (Å²) < 4.78 is 0. The molecule has 1 amide bonds. The molecule has 2 aromatic rings. The van der Waals surface area contributed by atoms with E-state index < -0.39 is 5.60 Å². The number of carbonyl (C=O) groups excluding carboxylic acids is 1. The Hall–Kier alpha value is -2.86. The average molecular weight is 411 g/mol. The van der Waals surface area contributed by atoms with Crippen molar-refractivity contribution < 1.29 is 9.90 Å². The number of carbonyl (C=O) groups is 1. The SMILES string of the molecule is CCNC(=NCc1cccc(NC(=O)CC(C)C)c1)NCC(C)(O)c1ccccc1. The van der Waals surface area contributed by atoms with Crippen LogP contribution in [0, 0.1) is 5.92 Å². The molecular formula is C24H34N4O2. The molecule has 0 heterocycles. The van der Waals surface area contributed by atoms with Gasteiger partial charge >= 0.3 is 0 Å². The molecule has 0 aliphatic carbocycles. The van der Waals surface area contributed by atoms with Gasteiger partial charge in [-0.1, -0.05) is 56.3 Å². The van der Waals surface area contributed by atoms with Gasteiger partial charge < -0.3 is 21.1 Å². The second-order valence-corrected chi connectivity index (χ2v) is 8.04. The lowest BCUT2D eigenvalue weighted by Gasteiger charge is -2.25. The summed E-state index contributed by atoms with van der Waals surface area (Å²) in [4.78, 5) is 16.6. The summed E-state index contributed by atoms with van der Waals surface area (Å²) in [6.07, 6.45) is 0.498. The first-order valence-electron chi connectivity index (χ1n) is 10.5. The Morgan fingerprint density at radius 1 is 1.10 bits per heavy atom. The van der Waals surface area contributed by atoms with E-state index >= 15 is 0 Å². The average Bonchev–Trinajstić information content (AvgIpc) is 2.70. The molecule has 30 heavy (non-hydrogen) atoms. The minimum Gasteiger partial charge on any atom is -0.384 e. The molecule has 2 aromatic carbocycles. The second-order valence-electron chi connectivity index (χ2n) is 8.04. The summed E-state index contributed by atoms with van der Waals surface area (Å²) in [6, 6.07) is 17.3. The third kappa shape index (κ3) is 7.87. The van der Waals surface area contributed by atoms with Crippen LogP contribution in [0.3, 0.4) is 0 Å². The van der Waals surface area contributed by atoms with Crippen LogP contribution in [0.15, 0.2) is 59.6 Å². The number of hydrogen-bond acceptors (Lipinski definition) is 3. The van der Waals surface area contributed by atoms with E-state index in [1.807, 2.05) is 75.4 Å². The largest absolute Gasteiger partial charge is 0.384 e. The van der Waals surface area contributed by atoms with Crippen LogP contribution < -0.4 is 16.0 Å². The van der Waals surface area contributed by atoms with Crippen molar-refractivity contribution in [2.75, 3.05) is 18.4 Å². The quantitative estimate of drug-likeness (QED) is 0.376. The van der Waals surface area contributed by atoms with Gasteiger partial charge in [-0.05, 0) is 43.0 Å². The van der Waals surface area contributed by atoms with Crippen LogP contribution in [-0.2, 0) is 16.9 Å². The van der Waals surface area contributed by atoms with Crippen molar-refractivity contribution in [2.45, 2.75) is 46.3 Å². The molecule has 0 fully saturated rings. The third-order valence-corrected chi connectivity index (χ3v) is 4.56. The Labute approximate surface area is 179 Å². The standard InChI is InChI=1S/C24H34N4O2/c1-5-25-23(27-17-24(4,30)20-11-7-6-8-12-20)26-16-19-10-9-13-21(15-19)28-22(29)14-18(2)3/h6-13,15,18,30H,5,14,16-17H2,1-4H3,(H,28,29)(H2,25,26,27). The smallest absolute Gasteiger partial charge is 0.224 e. The number of nitrogens with zero attached hydrogens (tertiary/aromatic N) is 1. The summed E-state index contributed by atoms with van der Waals surface area (Å²) in [5.74, 6) is 0.964. The number of benzene rings is 2. The number of aliphatic imine (C=N–C) groups is 1. The molecular weight excluding hydrogens is 376 g/mol. The fourth-order valence-corrected chi connectivity index (χ4v) is 3.00. The maximum Gasteiger partial charge on any atom is 0.224 e. The number of amides is 1. The van der Waals surface area contributed by atoms with E-state index in [0.717, 1.165) is 16.8 Å². The van der Waals surface area contributed by atoms with Gasteiger partial charge in [-0.3, -0.25) is 4.79 Å². The molecule has 0 spiro atoms. The zero-order chi connectivity index (χ0) is 22.0. The van der Waals surface area contributed by atoms with E-state index in [1.165, 1.54) is 0 Å². The molecule has 0 bridgehead atoms. The molecule has 6 heteroatoms. The van der Waals surface area contributed by atoms with Crippen molar-refractivity contribution in [2.24, 2.45) is 10.9 Å². The van der Waals surface area contributed by atoms with Gasteiger partial charge in [-0.2, -0.15) is 0 Å². The van der Waals surface area contributed by atoms with E-state index in [-0.39, 0.29) is 5.91 Å². The molecule has 0 aliphatic rings. The zero-order valence-corrected chi connectivity index (χ0v) is 18.4. The number of guanidine groups is 1. The lowest BCUT2D eigenvalue weighted by atomic mass is 9.96. The summed E-state index contributed by atoms with van der Waals surface area (Å²) in [5, 5.41) is 20.1. The number of rotatable bonds is 9. The number of aliphatic hydroxyl groups is 1. The predicted molar refractivity (Wildman–Crippen MR) is 123 cm³/mol. The third-order valence-electron chi connectivity index (χ3n) is 4.56. The van der Waals surface area contributed by atoms with Gasteiger partial charge in [-0.15, -0.1) is 0 Å². The number of hydrogen-bond donors (Lipinski definition) is 4. The fraction of sp³-hybridized carbons (Fsp3) is 0.417.